The molecule has 8 heteroatoms. The zero-order chi connectivity index (χ0) is 18.9. The van der Waals surface area contributed by atoms with Crippen LogP contribution < -0.4 is 10.6 Å². The van der Waals surface area contributed by atoms with Crippen LogP contribution in [-0.2, 0) is 15.3 Å². The van der Waals surface area contributed by atoms with Gasteiger partial charge in [0.1, 0.15) is 0 Å². The number of nitrogens with one attached hydrogen (secondary N) is 2. The first-order valence-electron chi connectivity index (χ1n) is 8.18. The van der Waals surface area contributed by atoms with Crippen molar-refractivity contribution in [3.8, 4) is 5.75 Å². The molecule has 2 amide bonds. The first-order chi connectivity index (χ1) is 12.5. The van der Waals surface area contributed by atoms with Gasteiger partial charge in [-0.15, -0.1) is 11.8 Å². The molecular weight excluding hydrogens is 352 g/mol. The Balaban J connectivity index is 1.76. The van der Waals surface area contributed by atoms with Crippen molar-refractivity contribution in [1.82, 2.24) is 15.3 Å². The number of rotatable bonds is 8. The van der Waals surface area contributed by atoms with E-state index in [2.05, 4.69) is 20.6 Å². The number of carbonyl (C=O) groups is 2. The van der Waals surface area contributed by atoms with Gasteiger partial charge in [0.15, 0.2) is 11.6 Å². The van der Waals surface area contributed by atoms with Crippen LogP contribution in [0.4, 0.5) is 5.82 Å². The molecule has 0 aliphatic heterocycles. The molecule has 0 aromatic carbocycles. The van der Waals surface area contributed by atoms with Crippen molar-refractivity contribution < 1.29 is 14.7 Å². The maximum Gasteiger partial charge on any atom is 0.230 e. The van der Waals surface area contributed by atoms with E-state index in [-0.39, 0.29) is 29.4 Å². The van der Waals surface area contributed by atoms with Gasteiger partial charge in [-0.05, 0) is 30.7 Å². The molecule has 3 N–H and O–H groups in total. The molecule has 0 aliphatic carbocycles. The van der Waals surface area contributed by atoms with Crippen LogP contribution in [-0.4, -0.2) is 38.7 Å². The highest BCUT2D eigenvalue weighted by atomic mass is 32.2. The van der Waals surface area contributed by atoms with Crippen LogP contribution in [0, 0.1) is 5.92 Å². The predicted molar refractivity (Wildman–Crippen MR) is 102 cm³/mol. The summed E-state index contributed by atoms with van der Waals surface area (Å²) in [5.74, 6) is 0.0656. The predicted octanol–water partition coefficient (Wildman–Crippen LogP) is 2.19. The van der Waals surface area contributed by atoms with Gasteiger partial charge in [0, 0.05) is 30.4 Å². The molecule has 2 atom stereocenters. The lowest BCUT2D eigenvalue weighted by molar-refractivity contribution is -0.122. The largest absolute Gasteiger partial charge is 0.504 e. The lowest BCUT2D eigenvalue weighted by Gasteiger charge is -2.20. The van der Waals surface area contributed by atoms with Gasteiger partial charge in [0.2, 0.25) is 11.8 Å². The molecule has 0 spiro atoms. The summed E-state index contributed by atoms with van der Waals surface area (Å²) >= 11 is 1.49. The Morgan fingerprint density at radius 1 is 1.23 bits per heavy atom. The van der Waals surface area contributed by atoms with Gasteiger partial charge in [-0.2, -0.15) is 0 Å². The van der Waals surface area contributed by atoms with E-state index in [1.54, 1.807) is 32.3 Å². The maximum atomic E-state index is 12.3. The average molecular weight is 374 g/mol. The van der Waals surface area contributed by atoms with Crippen LogP contribution in [0.3, 0.4) is 0 Å². The summed E-state index contributed by atoms with van der Waals surface area (Å²) in [6, 6.07) is 6.48. The molecule has 138 valence electrons. The maximum absolute atomic E-state index is 12.3. The third-order valence-corrected chi connectivity index (χ3v) is 4.81. The van der Waals surface area contributed by atoms with Crippen LogP contribution in [0.15, 0.2) is 42.9 Å². The minimum Gasteiger partial charge on any atom is -0.504 e. The van der Waals surface area contributed by atoms with Crippen LogP contribution in [0.1, 0.15) is 19.4 Å². The van der Waals surface area contributed by atoms with Gasteiger partial charge in [-0.3, -0.25) is 14.6 Å². The molecule has 0 aliphatic rings. The lowest BCUT2D eigenvalue weighted by atomic mass is 10.0. The van der Waals surface area contributed by atoms with Gasteiger partial charge >= 0.3 is 0 Å². The Labute approximate surface area is 156 Å². The van der Waals surface area contributed by atoms with E-state index in [1.807, 2.05) is 12.1 Å². The third kappa shape index (κ3) is 6.03. The number of aromatic nitrogens is 2. The second kappa shape index (κ2) is 9.76. The molecule has 0 fully saturated rings. The molecular formula is C18H22N4O3S. The SMILES string of the molecule is CC(NC(=O)CSCc1cccnc1)C(C)C(=O)Nc1ncccc1O. The number of pyridine rings is 2. The molecule has 26 heavy (non-hydrogen) atoms. The highest BCUT2D eigenvalue weighted by Crippen LogP contribution is 2.19. The van der Waals surface area contributed by atoms with E-state index in [4.69, 9.17) is 0 Å². The Morgan fingerprint density at radius 3 is 2.69 bits per heavy atom. The van der Waals surface area contributed by atoms with Crippen LogP contribution in [0.5, 0.6) is 5.75 Å². The monoisotopic (exact) mass is 374 g/mol. The molecule has 0 saturated heterocycles. The molecule has 2 rings (SSSR count). The molecule has 0 radical (unpaired) electrons. The molecule has 2 unspecified atom stereocenters. The van der Waals surface area contributed by atoms with Gasteiger partial charge in [-0.25, -0.2) is 4.98 Å². The number of amides is 2. The second-order valence-electron chi connectivity index (χ2n) is 5.86. The summed E-state index contributed by atoms with van der Waals surface area (Å²) in [6.07, 6.45) is 4.96. The van der Waals surface area contributed by atoms with E-state index in [1.165, 1.54) is 24.0 Å². The molecule has 2 aromatic rings. The first-order valence-corrected chi connectivity index (χ1v) is 9.33. The summed E-state index contributed by atoms with van der Waals surface area (Å²) in [4.78, 5) is 32.3. The van der Waals surface area contributed by atoms with Crippen molar-refractivity contribution in [2.24, 2.45) is 5.92 Å². The van der Waals surface area contributed by atoms with Crippen molar-refractivity contribution >= 4 is 29.4 Å². The van der Waals surface area contributed by atoms with E-state index < -0.39 is 5.92 Å². The summed E-state index contributed by atoms with van der Waals surface area (Å²) in [5, 5.41) is 15.1. The number of nitrogens with zero attached hydrogens (tertiary/aromatic N) is 2. The summed E-state index contributed by atoms with van der Waals surface area (Å²) in [7, 11) is 0. The highest BCUT2D eigenvalue weighted by Gasteiger charge is 2.22. The number of thioether (sulfide) groups is 1. The smallest absolute Gasteiger partial charge is 0.230 e. The topological polar surface area (TPSA) is 104 Å². The minimum atomic E-state index is -0.483. The standard InChI is InChI=1S/C18H22N4O3S/c1-12(18(25)22-17-15(23)6-4-8-20-17)13(2)21-16(24)11-26-10-14-5-3-7-19-9-14/h3-9,12-13,23H,10-11H2,1-2H3,(H,21,24)(H,20,22,25). The number of anilines is 1. The van der Waals surface area contributed by atoms with E-state index in [9.17, 15) is 14.7 Å². The van der Waals surface area contributed by atoms with Gasteiger partial charge in [0.25, 0.3) is 0 Å². The van der Waals surface area contributed by atoms with Crippen molar-refractivity contribution in [3.63, 3.8) is 0 Å². The highest BCUT2D eigenvalue weighted by molar-refractivity contribution is 7.99. The first kappa shape index (κ1) is 19.7. The van der Waals surface area contributed by atoms with E-state index >= 15 is 0 Å². The number of carbonyl (C=O) groups excluding carboxylic acids is 2. The quantitative estimate of drug-likeness (QED) is 0.654. The molecule has 0 saturated carbocycles. The number of hydrogen-bond acceptors (Lipinski definition) is 6. The fourth-order valence-electron chi connectivity index (χ4n) is 2.12. The van der Waals surface area contributed by atoms with Crippen molar-refractivity contribution in [2.45, 2.75) is 25.6 Å². The van der Waals surface area contributed by atoms with Crippen LogP contribution >= 0.6 is 11.8 Å². The fraction of sp³-hybridized carbons (Fsp3) is 0.333. The zero-order valence-electron chi connectivity index (χ0n) is 14.7. The Bertz CT molecular complexity index is 742. The summed E-state index contributed by atoms with van der Waals surface area (Å²) in [5.41, 5.74) is 1.06. The Morgan fingerprint density at radius 2 is 2.00 bits per heavy atom. The van der Waals surface area contributed by atoms with E-state index in [0.29, 0.717) is 11.5 Å². The van der Waals surface area contributed by atoms with Crippen molar-refractivity contribution in [3.05, 3.63) is 48.4 Å². The normalized spacial score (nSPS) is 12.8. The molecule has 2 heterocycles. The molecule has 0 bridgehead atoms. The van der Waals surface area contributed by atoms with Crippen LogP contribution in [0.2, 0.25) is 0 Å². The van der Waals surface area contributed by atoms with Crippen molar-refractivity contribution in [2.75, 3.05) is 11.1 Å². The Hall–Kier alpha value is -2.61. The molecule has 7 nitrogen and oxygen atoms in total. The lowest BCUT2D eigenvalue weighted by Crippen LogP contribution is -2.42. The third-order valence-electron chi connectivity index (χ3n) is 3.80. The average Bonchev–Trinajstić information content (AvgIpc) is 2.63. The Kier molecular flexibility index (Phi) is 7.40. The second-order valence-corrected chi connectivity index (χ2v) is 6.84. The molecule has 2 aromatic heterocycles. The van der Waals surface area contributed by atoms with E-state index in [0.717, 1.165) is 5.56 Å². The van der Waals surface area contributed by atoms with Gasteiger partial charge < -0.3 is 15.7 Å². The fourth-order valence-corrected chi connectivity index (χ4v) is 2.89. The minimum absolute atomic E-state index is 0.100. The summed E-state index contributed by atoms with van der Waals surface area (Å²) < 4.78 is 0. The van der Waals surface area contributed by atoms with Gasteiger partial charge in [0.05, 0.1) is 11.7 Å². The van der Waals surface area contributed by atoms with Crippen molar-refractivity contribution in [1.29, 1.82) is 0 Å². The number of hydrogen-bond donors (Lipinski definition) is 3. The summed E-state index contributed by atoms with van der Waals surface area (Å²) in [6.45, 7) is 3.48. The van der Waals surface area contributed by atoms with Crippen LogP contribution in [0.25, 0.3) is 0 Å². The zero-order valence-corrected chi connectivity index (χ0v) is 15.5. The van der Waals surface area contributed by atoms with Gasteiger partial charge in [-0.1, -0.05) is 13.0 Å². The number of aromatic hydroxyl groups is 1.